The molecule has 0 amide bonds. The summed E-state index contributed by atoms with van der Waals surface area (Å²) in [7, 11) is 0. The Morgan fingerprint density at radius 2 is 1.75 bits per heavy atom. The van der Waals surface area contributed by atoms with E-state index in [-0.39, 0.29) is 5.41 Å². The summed E-state index contributed by atoms with van der Waals surface area (Å²) in [5.41, 5.74) is 7.10. The minimum atomic E-state index is 0.182. The van der Waals surface area contributed by atoms with E-state index in [2.05, 4.69) is 66.5 Å². The quantitative estimate of drug-likeness (QED) is 0.599. The number of piperidine rings is 2. The molecule has 0 aliphatic carbocycles. The molecule has 0 bridgehead atoms. The molecule has 172 valence electrons. The molecule has 2 aliphatic rings. The number of aryl methyl sites for hydroxylation is 2. The van der Waals surface area contributed by atoms with Gasteiger partial charge >= 0.3 is 0 Å². The zero-order chi connectivity index (χ0) is 22.6. The van der Waals surface area contributed by atoms with Crippen LogP contribution in [0.1, 0.15) is 68.6 Å². The zero-order valence-corrected chi connectivity index (χ0v) is 20.3. The van der Waals surface area contributed by atoms with Crippen LogP contribution in [0.5, 0.6) is 0 Å². The molecule has 0 unspecified atom stereocenters. The highest BCUT2D eigenvalue weighted by atomic mass is 16.1. The summed E-state index contributed by atoms with van der Waals surface area (Å²) in [5, 5.41) is 3.51. The van der Waals surface area contributed by atoms with E-state index in [0.717, 1.165) is 32.0 Å². The highest BCUT2D eigenvalue weighted by molar-refractivity contribution is 5.75. The maximum Gasteiger partial charge on any atom is 0.129 e. The molecule has 4 rings (SSSR count). The predicted molar refractivity (Wildman–Crippen MR) is 134 cm³/mol. The van der Waals surface area contributed by atoms with Gasteiger partial charge < -0.3 is 15.0 Å². The van der Waals surface area contributed by atoms with Crippen molar-refractivity contribution in [2.24, 2.45) is 0 Å². The van der Waals surface area contributed by atoms with Crippen LogP contribution < -0.4 is 5.32 Å². The van der Waals surface area contributed by atoms with Crippen LogP contribution in [0.3, 0.4) is 0 Å². The van der Waals surface area contributed by atoms with Crippen molar-refractivity contribution in [3.05, 3.63) is 59.2 Å². The van der Waals surface area contributed by atoms with Gasteiger partial charge in [-0.3, -0.25) is 0 Å². The molecule has 2 fully saturated rings. The van der Waals surface area contributed by atoms with Gasteiger partial charge in [0.15, 0.2) is 0 Å². The van der Waals surface area contributed by atoms with E-state index in [1.165, 1.54) is 66.6 Å². The van der Waals surface area contributed by atoms with E-state index < -0.39 is 0 Å². The molecule has 1 N–H and O–H groups in total. The maximum absolute atomic E-state index is 11.7. The minimum Gasteiger partial charge on any atom is -0.317 e. The van der Waals surface area contributed by atoms with Crippen LogP contribution in [0.25, 0.3) is 11.1 Å². The molecule has 3 heteroatoms. The number of rotatable bonds is 7. The second kappa shape index (κ2) is 10.3. The SMILES string of the molecule is CC(=O)CCCC1(c2cc(-c3ccccc3C)ccc2C)CCN(C2CCNCC2)CC1. The first-order valence-corrected chi connectivity index (χ1v) is 12.6. The molecule has 0 spiro atoms. The van der Waals surface area contributed by atoms with Gasteiger partial charge in [-0.25, -0.2) is 0 Å². The third-order valence-corrected chi connectivity index (χ3v) is 8.03. The Labute approximate surface area is 194 Å². The lowest BCUT2D eigenvalue weighted by atomic mass is 9.67. The van der Waals surface area contributed by atoms with Crippen molar-refractivity contribution in [2.45, 2.75) is 77.2 Å². The number of nitrogens with zero attached hydrogens (tertiary/aromatic N) is 1. The molecular weight excluding hydrogens is 392 g/mol. The third kappa shape index (κ3) is 5.15. The highest BCUT2D eigenvalue weighted by Crippen LogP contribution is 2.43. The van der Waals surface area contributed by atoms with Crippen LogP contribution >= 0.6 is 0 Å². The molecule has 32 heavy (non-hydrogen) atoms. The molecular formula is C29H40N2O. The van der Waals surface area contributed by atoms with Gasteiger partial charge in [0.1, 0.15) is 5.78 Å². The van der Waals surface area contributed by atoms with Crippen molar-refractivity contribution >= 4 is 5.78 Å². The van der Waals surface area contributed by atoms with Crippen molar-refractivity contribution in [3.8, 4) is 11.1 Å². The summed E-state index contributed by atoms with van der Waals surface area (Å²) in [6.45, 7) is 10.9. The minimum absolute atomic E-state index is 0.182. The number of nitrogens with one attached hydrogen (secondary N) is 1. The van der Waals surface area contributed by atoms with E-state index in [1.54, 1.807) is 6.92 Å². The van der Waals surface area contributed by atoms with E-state index in [0.29, 0.717) is 12.2 Å². The average Bonchev–Trinajstić information content (AvgIpc) is 2.81. The topological polar surface area (TPSA) is 32.3 Å². The lowest BCUT2D eigenvalue weighted by Crippen LogP contribution is -2.50. The van der Waals surface area contributed by atoms with E-state index in [4.69, 9.17) is 0 Å². The summed E-state index contributed by atoms with van der Waals surface area (Å²) in [6.07, 6.45) is 7.77. The van der Waals surface area contributed by atoms with Crippen molar-refractivity contribution in [1.29, 1.82) is 0 Å². The number of likely N-dealkylation sites (tertiary alicyclic amines) is 1. The Morgan fingerprint density at radius 3 is 2.44 bits per heavy atom. The average molecular weight is 433 g/mol. The number of carbonyl (C=O) groups excluding carboxylic acids is 1. The molecule has 0 radical (unpaired) electrons. The zero-order valence-electron chi connectivity index (χ0n) is 20.3. The second-order valence-electron chi connectivity index (χ2n) is 10.2. The fourth-order valence-electron chi connectivity index (χ4n) is 6.08. The van der Waals surface area contributed by atoms with Gasteiger partial charge in [-0.2, -0.15) is 0 Å². The first-order valence-electron chi connectivity index (χ1n) is 12.6. The van der Waals surface area contributed by atoms with Crippen LogP contribution in [0.15, 0.2) is 42.5 Å². The normalized spacial score (nSPS) is 19.7. The van der Waals surface area contributed by atoms with Gasteiger partial charge in [0.25, 0.3) is 0 Å². The van der Waals surface area contributed by atoms with Gasteiger partial charge in [-0.1, -0.05) is 42.5 Å². The number of Topliss-reactive ketones (excluding diaryl/α,β-unsaturated/α-hetero) is 1. The lowest BCUT2D eigenvalue weighted by molar-refractivity contribution is -0.117. The summed E-state index contributed by atoms with van der Waals surface area (Å²) >= 11 is 0. The summed E-state index contributed by atoms with van der Waals surface area (Å²) in [6, 6.07) is 16.5. The van der Waals surface area contributed by atoms with Crippen LogP contribution in [0.4, 0.5) is 0 Å². The molecule has 2 aromatic carbocycles. The second-order valence-corrected chi connectivity index (χ2v) is 10.2. The molecule has 3 nitrogen and oxygen atoms in total. The van der Waals surface area contributed by atoms with E-state index in [9.17, 15) is 4.79 Å². The predicted octanol–water partition coefficient (Wildman–Crippen LogP) is 5.82. The van der Waals surface area contributed by atoms with E-state index in [1.807, 2.05) is 0 Å². The standard InChI is InChI=1S/C29H40N2O/c1-22-7-4-5-9-27(22)25-11-10-23(2)28(21-25)29(14-6-8-24(3)32)15-19-31(20-16-29)26-12-17-30-18-13-26/h4-5,7,9-11,21,26,30H,6,8,12-20H2,1-3H3. The number of ketones is 1. The van der Waals surface area contributed by atoms with Crippen LogP contribution in [0.2, 0.25) is 0 Å². The third-order valence-electron chi connectivity index (χ3n) is 8.03. The fourth-order valence-corrected chi connectivity index (χ4v) is 6.08. The molecule has 2 aromatic rings. The fraction of sp³-hybridized carbons (Fsp3) is 0.552. The van der Waals surface area contributed by atoms with Crippen molar-refractivity contribution < 1.29 is 4.79 Å². The molecule has 2 aliphatic heterocycles. The molecule has 0 saturated carbocycles. The Kier molecular flexibility index (Phi) is 7.48. The van der Waals surface area contributed by atoms with Crippen LogP contribution in [0, 0.1) is 13.8 Å². The number of carbonyl (C=O) groups is 1. The van der Waals surface area contributed by atoms with Crippen molar-refractivity contribution in [1.82, 2.24) is 10.2 Å². The summed E-state index contributed by atoms with van der Waals surface area (Å²) in [4.78, 5) is 14.5. The van der Waals surface area contributed by atoms with Crippen molar-refractivity contribution in [2.75, 3.05) is 26.2 Å². The lowest BCUT2D eigenvalue weighted by Gasteiger charge is -2.46. The van der Waals surface area contributed by atoms with Crippen LogP contribution in [-0.4, -0.2) is 42.9 Å². The Bertz CT molecular complexity index is 921. The number of benzene rings is 2. The summed E-state index contributed by atoms with van der Waals surface area (Å²) < 4.78 is 0. The number of hydrogen-bond donors (Lipinski definition) is 1. The highest BCUT2D eigenvalue weighted by Gasteiger charge is 2.38. The molecule has 2 saturated heterocycles. The van der Waals surface area contributed by atoms with E-state index >= 15 is 0 Å². The molecule has 0 atom stereocenters. The Balaban J connectivity index is 1.62. The van der Waals surface area contributed by atoms with Gasteiger partial charge in [-0.05, 0) is 119 Å². The monoisotopic (exact) mass is 432 g/mol. The van der Waals surface area contributed by atoms with Gasteiger partial charge in [0.05, 0.1) is 0 Å². The van der Waals surface area contributed by atoms with Gasteiger partial charge in [0, 0.05) is 12.5 Å². The van der Waals surface area contributed by atoms with Crippen molar-refractivity contribution in [3.63, 3.8) is 0 Å². The Morgan fingerprint density at radius 1 is 1.03 bits per heavy atom. The summed E-state index contributed by atoms with van der Waals surface area (Å²) in [5.74, 6) is 0.317. The number of hydrogen-bond acceptors (Lipinski definition) is 3. The van der Waals surface area contributed by atoms with Gasteiger partial charge in [-0.15, -0.1) is 0 Å². The molecule has 0 aromatic heterocycles. The smallest absolute Gasteiger partial charge is 0.129 e. The Hall–Kier alpha value is -1.97. The van der Waals surface area contributed by atoms with Crippen LogP contribution in [-0.2, 0) is 10.2 Å². The largest absolute Gasteiger partial charge is 0.317 e. The van der Waals surface area contributed by atoms with Gasteiger partial charge in [0.2, 0.25) is 0 Å². The maximum atomic E-state index is 11.7. The first-order chi connectivity index (χ1) is 15.5. The first kappa shape index (κ1) is 23.2. The molecule has 2 heterocycles.